The number of ether oxygens (including phenoxy) is 2. The van der Waals surface area contributed by atoms with E-state index >= 15 is 0 Å². The molecule has 0 heterocycles. The van der Waals surface area contributed by atoms with Gasteiger partial charge in [0.2, 0.25) is 0 Å². The Balaban J connectivity index is 3.03. The third-order valence-electron chi connectivity index (χ3n) is 3.21. The molecule has 0 bridgehead atoms. The maximum Gasteiger partial charge on any atom is 0.330 e. The monoisotopic (exact) mass is 279 g/mol. The lowest BCUT2D eigenvalue weighted by atomic mass is 9.91. The minimum absolute atomic E-state index is 0.259. The van der Waals surface area contributed by atoms with Gasteiger partial charge in [-0.1, -0.05) is 26.0 Å². The highest BCUT2D eigenvalue weighted by Gasteiger charge is 2.36. The van der Waals surface area contributed by atoms with Crippen molar-refractivity contribution in [1.82, 2.24) is 5.32 Å². The fraction of sp³-hybridized carbons (Fsp3) is 0.562. The molecule has 0 aromatic heterocycles. The minimum Gasteiger partial charge on any atom is -0.497 e. The molecule has 0 fully saturated rings. The zero-order chi connectivity index (χ0) is 15.2. The van der Waals surface area contributed by atoms with Crippen molar-refractivity contribution in [3.63, 3.8) is 0 Å². The standard InChI is InChI=1S/C16H25NO3/c1-6-20-15(18)16(4,17-11-12(2)3)13-7-9-14(19-5)10-8-13/h7-10,12,17H,6,11H2,1-5H3. The average molecular weight is 279 g/mol. The van der Waals surface area contributed by atoms with Crippen LogP contribution in [0.15, 0.2) is 24.3 Å². The molecule has 0 saturated heterocycles. The highest BCUT2D eigenvalue weighted by Crippen LogP contribution is 2.25. The van der Waals surface area contributed by atoms with Crippen LogP contribution in [0, 0.1) is 5.92 Å². The van der Waals surface area contributed by atoms with Gasteiger partial charge in [0.25, 0.3) is 0 Å². The molecule has 1 unspecified atom stereocenters. The molecule has 1 aromatic rings. The highest BCUT2D eigenvalue weighted by molar-refractivity contribution is 5.82. The number of esters is 1. The molecule has 0 aliphatic carbocycles. The first-order valence-electron chi connectivity index (χ1n) is 7.00. The number of rotatable bonds is 7. The van der Waals surface area contributed by atoms with E-state index in [4.69, 9.17) is 9.47 Å². The van der Waals surface area contributed by atoms with Gasteiger partial charge in [-0.15, -0.1) is 0 Å². The molecular formula is C16H25NO3. The summed E-state index contributed by atoms with van der Waals surface area (Å²) in [6.45, 7) is 8.98. The summed E-state index contributed by atoms with van der Waals surface area (Å²) in [5, 5.41) is 3.32. The number of carbonyl (C=O) groups excluding carboxylic acids is 1. The van der Waals surface area contributed by atoms with Gasteiger partial charge in [-0.25, -0.2) is 4.79 Å². The van der Waals surface area contributed by atoms with Gasteiger partial charge in [0.15, 0.2) is 0 Å². The summed E-state index contributed by atoms with van der Waals surface area (Å²) in [7, 11) is 1.62. The van der Waals surface area contributed by atoms with E-state index in [0.29, 0.717) is 12.5 Å². The molecule has 4 heteroatoms. The zero-order valence-corrected chi connectivity index (χ0v) is 13.0. The van der Waals surface area contributed by atoms with Crippen molar-refractivity contribution in [3.05, 3.63) is 29.8 Å². The molecule has 20 heavy (non-hydrogen) atoms. The third-order valence-corrected chi connectivity index (χ3v) is 3.21. The second-order valence-corrected chi connectivity index (χ2v) is 5.35. The SMILES string of the molecule is CCOC(=O)C(C)(NCC(C)C)c1ccc(OC)cc1. The first kappa shape index (κ1) is 16.5. The molecule has 0 aliphatic rings. The molecular weight excluding hydrogens is 254 g/mol. The van der Waals surface area contributed by atoms with Crippen LogP contribution in [-0.2, 0) is 15.1 Å². The molecule has 1 aromatic carbocycles. The van der Waals surface area contributed by atoms with E-state index in [1.807, 2.05) is 38.1 Å². The van der Waals surface area contributed by atoms with Crippen LogP contribution >= 0.6 is 0 Å². The highest BCUT2D eigenvalue weighted by atomic mass is 16.5. The van der Waals surface area contributed by atoms with E-state index in [0.717, 1.165) is 17.9 Å². The number of nitrogens with one attached hydrogen (secondary N) is 1. The molecule has 0 aliphatic heterocycles. The van der Waals surface area contributed by atoms with Gasteiger partial charge in [0.05, 0.1) is 13.7 Å². The summed E-state index contributed by atoms with van der Waals surface area (Å²) in [5.41, 5.74) is 0.0319. The van der Waals surface area contributed by atoms with E-state index in [9.17, 15) is 4.79 Å². The number of carbonyl (C=O) groups is 1. The van der Waals surface area contributed by atoms with E-state index in [1.165, 1.54) is 0 Å². The predicted octanol–water partition coefficient (Wildman–Crippen LogP) is 2.72. The van der Waals surface area contributed by atoms with Gasteiger partial charge in [-0.2, -0.15) is 0 Å². The Morgan fingerprint density at radius 2 is 1.90 bits per heavy atom. The normalized spacial score (nSPS) is 13.9. The molecule has 1 rings (SSSR count). The summed E-state index contributed by atoms with van der Waals surface area (Å²) in [4.78, 5) is 12.3. The fourth-order valence-corrected chi connectivity index (χ4v) is 1.90. The maximum atomic E-state index is 12.3. The van der Waals surface area contributed by atoms with Crippen LogP contribution in [0.1, 0.15) is 33.3 Å². The molecule has 4 nitrogen and oxygen atoms in total. The first-order valence-corrected chi connectivity index (χ1v) is 7.00. The van der Waals surface area contributed by atoms with Crippen molar-refractivity contribution in [3.8, 4) is 5.75 Å². The first-order chi connectivity index (χ1) is 9.43. The Labute approximate surface area is 121 Å². The summed E-state index contributed by atoms with van der Waals surface area (Å²) < 4.78 is 10.4. The minimum atomic E-state index is -0.841. The van der Waals surface area contributed by atoms with Crippen molar-refractivity contribution in [1.29, 1.82) is 0 Å². The fourth-order valence-electron chi connectivity index (χ4n) is 1.90. The molecule has 1 atom stereocenters. The van der Waals surface area contributed by atoms with Crippen LogP contribution in [-0.4, -0.2) is 26.2 Å². The number of benzene rings is 1. The smallest absolute Gasteiger partial charge is 0.330 e. The van der Waals surface area contributed by atoms with Crippen molar-refractivity contribution in [2.24, 2.45) is 5.92 Å². The maximum absolute atomic E-state index is 12.3. The quantitative estimate of drug-likeness (QED) is 0.780. The van der Waals surface area contributed by atoms with Crippen LogP contribution in [0.2, 0.25) is 0 Å². The van der Waals surface area contributed by atoms with Crippen molar-refractivity contribution in [2.45, 2.75) is 33.2 Å². The summed E-state index contributed by atoms with van der Waals surface area (Å²) in [6.07, 6.45) is 0. The molecule has 0 spiro atoms. The second-order valence-electron chi connectivity index (χ2n) is 5.35. The Hall–Kier alpha value is -1.55. The number of methoxy groups -OCH3 is 1. The Bertz CT molecular complexity index is 428. The molecule has 0 amide bonds. The van der Waals surface area contributed by atoms with E-state index in [1.54, 1.807) is 7.11 Å². The van der Waals surface area contributed by atoms with E-state index < -0.39 is 5.54 Å². The lowest BCUT2D eigenvalue weighted by molar-refractivity contribution is -0.151. The van der Waals surface area contributed by atoms with Gasteiger partial charge in [0, 0.05) is 0 Å². The van der Waals surface area contributed by atoms with Crippen LogP contribution in [0.5, 0.6) is 5.75 Å². The molecule has 112 valence electrons. The van der Waals surface area contributed by atoms with Crippen LogP contribution in [0.4, 0.5) is 0 Å². The van der Waals surface area contributed by atoms with E-state index in [-0.39, 0.29) is 5.97 Å². The third kappa shape index (κ3) is 3.97. The van der Waals surface area contributed by atoms with Crippen LogP contribution in [0.3, 0.4) is 0 Å². The van der Waals surface area contributed by atoms with Gasteiger partial charge < -0.3 is 9.47 Å². The number of hydrogen-bond donors (Lipinski definition) is 1. The molecule has 1 N–H and O–H groups in total. The molecule has 0 saturated carbocycles. The van der Waals surface area contributed by atoms with Gasteiger partial charge >= 0.3 is 5.97 Å². The average Bonchev–Trinajstić information content (AvgIpc) is 2.45. The topological polar surface area (TPSA) is 47.6 Å². The Morgan fingerprint density at radius 3 is 2.35 bits per heavy atom. The Kier molecular flexibility index (Phi) is 6.02. The van der Waals surface area contributed by atoms with Crippen molar-refractivity contribution in [2.75, 3.05) is 20.3 Å². The summed E-state index contributed by atoms with van der Waals surface area (Å²) in [6, 6.07) is 7.49. The summed E-state index contributed by atoms with van der Waals surface area (Å²) >= 11 is 0. The van der Waals surface area contributed by atoms with Gasteiger partial charge in [-0.3, -0.25) is 5.32 Å². The van der Waals surface area contributed by atoms with Crippen molar-refractivity contribution < 1.29 is 14.3 Å². The Morgan fingerprint density at radius 1 is 1.30 bits per heavy atom. The van der Waals surface area contributed by atoms with Crippen LogP contribution < -0.4 is 10.1 Å². The predicted molar refractivity (Wildman–Crippen MR) is 79.8 cm³/mol. The van der Waals surface area contributed by atoms with Gasteiger partial charge in [-0.05, 0) is 44.0 Å². The summed E-state index contributed by atoms with van der Waals surface area (Å²) in [5.74, 6) is 0.955. The van der Waals surface area contributed by atoms with E-state index in [2.05, 4.69) is 19.2 Å². The number of hydrogen-bond acceptors (Lipinski definition) is 4. The largest absolute Gasteiger partial charge is 0.497 e. The zero-order valence-electron chi connectivity index (χ0n) is 13.0. The lowest BCUT2D eigenvalue weighted by Crippen LogP contribution is -2.49. The van der Waals surface area contributed by atoms with Crippen LogP contribution in [0.25, 0.3) is 0 Å². The lowest BCUT2D eigenvalue weighted by Gasteiger charge is -2.30. The molecule has 0 radical (unpaired) electrons. The van der Waals surface area contributed by atoms with Crippen molar-refractivity contribution >= 4 is 5.97 Å². The second kappa shape index (κ2) is 7.29. The van der Waals surface area contributed by atoms with Gasteiger partial charge in [0.1, 0.15) is 11.3 Å².